The van der Waals surface area contributed by atoms with E-state index in [1.165, 1.54) is 17.1 Å². The summed E-state index contributed by atoms with van der Waals surface area (Å²) < 4.78 is 61.9. The van der Waals surface area contributed by atoms with Gasteiger partial charge in [-0.15, -0.1) is 0 Å². The second-order valence-corrected chi connectivity index (χ2v) is 8.23. The van der Waals surface area contributed by atoms with Crippen LogP contribution >= 0.6 is 11.3 Å². The highest BCUT2D eigenvalue weighted by atomic mass is 32.2. The van der Waals surface area contributed by atoms with Gasteiger partial charge in [-0.1, -0.05) is 11.3 Å². The number of nitrogens with two attached hydrogens (primary N) is 1. The van der Waals surface area contributed by atoms with Gasteiger partial charge in [-0.25, -0.2) is 18.5 Å². The largest absolute Gasteiger partial charge is 0.435 e. The third-order valence-corrected chi connectivity index (χ3v) is 6.16. The zero-order valence-corrected chi connectivity index (χ0v) is 13.9. The minimum absolute atomic E-state index is 0.0435. The Morgan fingerprint density at radius 2 is 2.12 bits per heavy atom. The van der Waals surface area contributed by atoms with Gasteiger partial charge in [0.05, 0.1) is 12.2 Å². The first kappa shape index (κ1) is 17.2. The summed E-state index contributed by atoms with van der Waals surface area (Å²) in [6, 6.07) is 0.707. The number of sulfonamides is 1. The van der Waals surface area contributed by atoms with Crippen molar-refractivity contribution >= 4 is 26.5 Å². The number of halogens is 3. The van der Waals surface area contributed by atoms with Crippen molar-refractivity contribution in [2.75, 3.05) is 18.0 Å². The fourth-order valence-corrected chi connectivity index (χ4v) is 4.14. The summed E-state index contributed by atoms with van der Waals surface area (Å²) in [7, 11) is -3.81. The van der Waals surface area contributed by atoms with Crippen LogP contribution in [0.1, 0.15) is 24.6 Å². The number of nitrogens with zero attached hydrogens (tertiary/aromatic N) is 4. The Kier molecular flexibility index (Phi) is 4.30. The molecule has 132 valence electrons. The second kappa shape index (κ2) is 6.01. The van der Waals surface area contributed by atoms with E-state index < -0.39 is 21.9 Å². The minimum atomic E-state index is -4.47. The molecule has 3 rings (SSSR count). The van der Waals surface area contributed by atoms with E-state index in [4.69, 9.17) is 5.14 Å². The highest BCUT2D eigenvalue weighted by Gasteiger charge is 2.34. The topological polar surface area (TPSA) is 94.1 Å². The number of piperidine rings is 1. The van der Waals surface area contributed by atoms with Crippen LogP contribution in [0.2, 0.25) is 0 Å². The molecule has 2 aromatic rings. The SMILES string of the molecule is NS(=O)(=O)c1cnc(N2CCCC(n3ccc(C(F)(F)F)n3)C2)s1. The summed E-state index contributed by atoms with van der Waals surface area (Å²) >= 11 is 0.945. The van der Waals surface area contributed by atoms with Gasteiger partial charge >= 0.3 is 6.18 Å². The van der Waals surface area contributed by atoms with E-state index in [1.54, 1.807) is 0 Å². The zero-order chi connectivity index (χ0) is 17.5. The Morgan fingerprint density at radius 1 is 1.38 bits per heavy atom. The zero-order valence-electron chi connectivity index (χ0n) is 12.3. The number of primary sulfonamides is 1. The monoisotopic (exact) mass is 381 g/mol. The average Bonchev–Trinajstić information content (AvgIpc) is 3.16. The molecule has 24 heavy (non-hydrogen) atoms. The molecular weight excluding hydrogens is 367 g/mol. The summed E-state index contributed by atoms with van der Waals surface area (Å²) in [5, 5.41) is 9.15. The predicted molar refractivity (Wildman–Crippen MR) is 81.2 cm³/mol. The smallest absolute Gasteiger partial charge is 0.346 e. The fraction of sp³-hybridized carbons (Fsp3) is 0.500. The van der Waals surface area contributed by atoms with E-state index in [-0.39, 0.29) is 10.3 Å². The van der Waals surface area contributed by atoms with Crippen LogP contribution in [0.15, 0.2) is 22.7 Å². The van der Waals surface area contributed by atoms with Crippen molar-refractivity contribution < 1.29 is 21.6 Å². The van der Waals surface area contributed by atoms with Crippen molar-refractivity contribution in [3.05, 3.63) is 24.2 Å². The first-order chi connectivity index (χ1) is 11.1. The second-order valence-electron chi connectivity index (χ2n) is 5.43. The number of thiazole rings is 1. The molecule has 2 aromatic heterocycles. The van der Waals surface area contributed by atoms with E-state index in [9.17, 15) is 21.6 Å². The molecule has 0 spiro atoms. The molecule has 1 saturated heterocycles. The van der Waals surface area contributed by atoms with Crippen molar-refractivity contribution in [1.29, 1.82) is 0 Å². The summed E-state index contributed by atoms with van der Waals surface area (Å²) in [6.45, 7) is 1.04. The van der Waals surface area contributed by atoms with Gasteiger partial charge in [0.25, 0.3) is 0 Å². The first-order valence-corrected chi connectivity index (χ1v) is 9.37. The standard InChI is InChI=1S/C12H14F3N5O2S2/c13-12(14,15)9-3-5-20(18-9)8-2-1-4-19(7-8)11-17-6-10(23-11)24(16,21)22/h3,5-6,8H,1-2,4,7H2,(H2,16,21,22). The van der Waals surface area contributed by atoms with Crippen molar-refractivity contribution in [3.63, 3.8) is 0 Å². The molecule has 3 heterocycles. The molecule has 0 amide bonds. The molecule has 1 aliphatic heterocycles. The molecule has 0 aromatic carbocycles. The maximum Gasteiger partial charge on any atom is 0.435 e. The van der Waals surface area contributed by atoms with Crippen LogP contribution in [0.3, 0.4) is 0 Å². The quantitative estimate of drug-likeness (QED) is 0.876. The molecule has 2 N–H and O–H groups in total. The lowest BCUT2D eigenvalue weighted by Crippen LogP contribution is -2.36. The molecule has 7 nitrogen and oxygen atoms in total. The molecule has 12 heteroatoms. The molecule has 0 bridgehead atoms. The van der Waals surface area contributed by atoms with Gasteiger partial charge < -0.3 is 4.90 Å². The molecule has 1 atom stereocenters. The number of hydrogen-bond donors (Lipinski definition) is 1. The van der Waals surface area contributed by atoms with Crippen molar-refractivity contribution in [2.45, 2.75) is 29.3 Å². The normalized spacial score (nSPS) is 19.7. The molecule has 1 aliphatic rings. The predicted octanol–water partition coefficient (Wildman–Crippen LogP) is 1.85. The summed E-state index contributed by atoms with van der Waals surface area (Å²) in [6.07, 6.45) is -0.554. The third-order valence-electron chi connectivity index (χ3n) is 3.69. The lowest BCUT2D eigenvalue weighted by atomic mass is 10.1. The fourth-order valence-electron chi connectivity index (χ4n) is 2.57. The molecule has 0 saturated carbocycles. The number of alkyl halides is 3. The lowest BCUT2D eigenvalue weighted by molar-refractivity contribution is -0.141. The Labute approximate surface area is 139 Å². The first-order valence-electron chi connectivity index (χ1n) is 7.00. The summed E-state index contributed by atoms with van der Waals surface area (Å²) in [4.78, 5) is 5.89. The maximum atomic E-state index is 12.7. The summed E-state index contributed by atoms with van der Waals surface area (Å²) in [5.41, 5.74) is -0.926. The Hall–Kier alpha value is -1.66. The van der Waals surface area contributed by atoms with Gasteiger partial charge in [-0.3, -0.25) is 4.68 Å². The maximum absolute atomic E-state index is 12.7. The van der Waals surface area contributed by atoms with E-state index in [0.29, 0.717) is 24.6 Å². The van der Waals surface area contributed by atoms with Gasteiger partial charge in [0.2, 0.25) is 10.0 Å². The van der Waals surface area contributed by atoms with E-state index in [2.05, 4.69) is 10.1 Å². The van der Waals surface area contributed by atoms with Crippen molar-refractivity contribution in [3.8, 4) is 0 Å². The van der Waals surface area contributed by atoms with Crippen molar-refractivity contribution in [2.24, 2.45) is 5.14 Å². The highest BCUT2D eigenvalue weighted by molar-refractivity contribution is 7.91. The lowest BCUT2D eigenvalue weighted by Gasteiger charge is -2.32. The number of rotatable bonds is 3. The van der Waals surface area contributed by atoms with Crippen LogP contribution in [0.4, 0.5) is 18.3 Å². The third kappa shape index (κ3) is 3.54. The number of anilines is 1. The molecular formula is C12H14F3N5O2S2. The van der Waals surface area contributed by atoms with Crippen molar-refractivity contribution in [1.82, 2.24) is 14.8 Å². The van der Waals surface area contributed by atoms with Gasteiger partial charge in [0, 0.05) is 19.3 Å². The molecule has 1 fully saturated rings. The van der Waals surface area contributed by atoms with Gasteiger partial charge in [0.15, 0.2) is 15.0 Å². The Morgan fingerprint density at radius 3 is 2.71 bits per heavy atom. The van der Waals surface area contributed by atoms with Crippen LogP contribution in [-0.4, -0.2) is 36.3 Å². The Bertz CT molecular complexity index is 830. The van der Waals surface area contributed by atoms with Crippen LogP contribution < -0.4 is 10.0 Å². The summed E-state index contributed by atoms with van der Waals surface area (Å²) in [5.74, 6) is 0. The number of aromatic nitrogens is 3. The average molecular weight is 381 g/mol. The van der Waals surface area contributed by atoms with Crippen LogP contribution in [0.25, 0.3) is 0 Å². The molecule has 0 aliphatic carbocycles. The minimum Gasteiger partial charge on any atom is -0.346 e. The van der Waals surface area contributed by atoms with Gasteiger partial charge in [-0.2, -0.15) is 18.3 Å². The Balaban J connectivity index is 1.77. The van der Waals surface area contributed by atoms with E-state index >= 15 is 0 Å². The van der Waals surface area contributed by atoms with E-state index in [1.807, 2.05) is 4.90 Å². The van der Waals surface area contributed by atoms with Crippen LogP contribution in [-0.2, 0) is 16.2 Å². The highest BCUT2D eigenvalue weighted by Crippen LogP contribution is 2.32. The molecule has 1 unspecified atom stereocenters. The van der Waals surface area contributed by atoms with Crippen LogP contribution in [0, 0.1) is 0 Å². The van der Waals surface area contributed by atoms with Crippen LogP contribution in [0.5, 0.6) is 0 Å². The molecule has 0 radical (unpaired) electrons. The van der Waals surface area contributed by atoms with E-state index in [0.717, 1.165) is 23.8 Å². The van der Waals surface area contributed by atoms with Gasteiger partial charge in [0.1, 0.15) is 0 Å². The van der Waals surface area contributed by atoms with Gasteiger partial charge in [-0.05, 0) is 18.9 Å². The number of hydrogen-bond acceptors (Lipinski definition) is 6.